The van der Waals surface area contributed by atoms with Crippen LogP contribution in [0.4, 0.5) is 5.69 Å². The van der Waals surface area contributed by atoms with Crippen LogP contribution in [-0.4, -0.2) is 24.2 Å². The number of rotatable bonds is 6. The second kappa shape index (κ2) is 6.14. The molecular formula is C12H20N2O2S. The van der Waals surface area contributed by atoms with Crippen molar-refractivity contribution >= 4 is 22.9 Å². The van der Waals surface area contributed by atoms with E-state index in [1.807, 2.05) is 25.3 Å². The highest BCUT2D eigenvalue weighted by atomic mass is 32.1. The second-order valence-corrected chi connectivity index (χ2v) is 5.87. The SMILES string of the molecule is CC(=O)Nc1ccsc1CNCC(C)(C)CO. The summed E-state index contributed by atoms with van der Waals surface area (Å²) >= 11 is 1.61. The number of amides is 1. The molecule has 0 radical (unpaired) electrons. The minimum Gasteiger partial charge on any atom is -0.396 e. The van der Waals surface area contributed by atoms with Crippen molar-refractivity contribution in [2.24, 2.45) is 5.41 Å². The third-order valence-electron chi connectivity index (χ3n) is 2.37. The largest absolute Gasteiger partial charge is 0.396 e. The lowest BCUT2D eigenvalue weighted by atomic mass is 9.95. The molecule has 3 N–H and O–H groups in total. The van der Waals surface area contributed by atoms with E-state index in [1.165, 1.54) is 6.92 Å². The van der Waals surface area contributed by atoms with Gasteiger partial charge in [-0.15, -0.1) is 11.3 Å². The second-order valence-electron chi connectivity index (χ2n) is 4.86. The molecule has 0 fully saturated rings. The highest BCUT2D eigenvalue weighted by Gasteiger charge is 2.16. The van der Waals surface area contributed by atoms with Crippen molar-refractivity contribution in [3.8, 4) is 0 Å². The van der Waals surface area contributed by atoms with Crippen molar-refractivity contribution in [2.45, 2.75) is 27.3 Å². The summed E-state index contributed by atoms with van der Waals surface area (Å²) in [6.45, 7) is 7.11. The van der Waals surface area contributed by atoms with E-state index in [0.717, 1.165) is 17.1 Å². The fourth-order valence-corrected chi connectivity index (χ4v) is 2.15. The van der Waals surface area contributed by atoms with Crippen LogP contribution < -0.4 is 10.6 Å². The molecule has 0 aromatic carbocycles. The number of hydrogen-bond acceptors (Lipinski definition) is 4. The summed E-state index contributed by atoms with van der Waals surface area (Å²) in [5.41, 5.74) is 0.752. The number of aliphatic hydroxyl groups excluding tert-OH is 1. The average Bonchev–Trinajstić information content (AvgIpc) is 2.65. The predicted molar refractivity (Wildman–Crippen MR) is 71.2 cm³/mol. The Balaban J connectivity index is 2.47. The number of anilines is 1. The van der Waals surface area contributed by atoms with Gasteiger partial charge < -0.3 is 15.7 Å². The van der Waals surface area contributed by atoms with Gasteiger partial charge in [-0.25, -0.2) is 0 Å². The lowest BCUT2D eigenvalue weighted by Gasteiger charge is -2.21. The number of carbonyl (C=O) groups is 1. The molecule has 17 heavy (non-hydrogen) atoms. The van der Waals surface area contributed by atoms with Crippen LogP contribution in [0.5, 0.6) is 0 Å². The van der Waals surface area contributed by atoms with Crippen molar-refractivity contribution in [1.82, 2.24) is 5.32 Å². The van der Waals surface area contributed by atoms with E-state index in [4.69, 9.17) is 5.11 Å². The topological polar surface area (TPSA) is 61.4 Å². The molecule has 0 saturated carbocycles. The van der Waals surface area contributed by atoms with E-state index in [2.05, 4.69) is 10.6 Å². The van der Waals surface area contributed by atoms with E-state index in [1.54, 1.807) is 11.3 Å². The summed E-state index contributed by atoms with van der Waals surface area (Å²) in [4.78, 5) is 12.1. The minimum absolute atomic E-state index is 0.0552. The fourth-order valence-electron chi connectivity index (χ4n) is 1.35. The summed E-state index contributed by atoms with van der Waals surface area (Å²) in [6.07, 6.45) is 0. The third-order valence-corrected chi connectivity index (χ3v) is 3.29. The molecular weight excluding hydrogens is 236 g/mol. The molecule has 0 aliphatic carbocycles. The Kier molecular flexibility index (Phi) is 5.11. The van der Waals surface area contributed by atoms with Crippen molar-refractivity contribution in [3.63, 3.8) is 0 Å². The van der Waals surface area contributed by atoms with Crippen LogP contribution in [0.15, 0.2) is 11.4 Å². The first-order chi connectivity index (χ1) is 7.94. The van der Waals surface area contributed by atoms with Gasteiger partial charge in [0, 0.05) is 36.9 Å². The fraction of sp³-hybridized carbons (Fsp3) is 0.583. The van der Waals surface area contributed by atoms with Crippen molar-refractivity contribution < 1.29 is 9.90 Å². The first-order valence-corrected chi connectivity index (χ1v) is 6.48. The van der Waals surface area contributed by atoms with Crippen molar-refractivity contribution in [3.05, 3.63) is 16.3 Å². The third kappa shape index (κ3) is 4.85. The summed E-state index contributed by atoms with van der Waals surface area (Å²) < 4.78 is 0. The molecule has 0 aliphatic heterocycles. The molecule has 96 valence electrons. The van der Waals surface area contributed by atoms with Crippen LogP contribution in [0, 0.1) is 5.41 Å². The van der Waals surface area contributed by atoms with Crippen LogP contribution in [-0.2, 0) is 11.3 Å². The highest BCUT2D eigenvalue weighted by molar-refractivity contribution is 7.10. The maximum atomic E-state index is 11.0. The molecule has 4 nitrogen and oxygen atoms in total. The van der Waals surface area contributed by atoms with Gasteiger partial charge >= 0.3 is 0 Å². The molecule has 1 rings (SSSR count). The van der Waals surface area contributed by atoms with Crippen molar-refractivity contribution in [2.75, 3.05) is 18.5 Å². The summed E-state index contributed by atoms with van der Waals surface area (Å²) in [6, 6.07) is 1.90. The summed E-state index contributed by atoms with van der Waals surface area (Å²) in [7, 11) is 0. The van der Waals surface area contributed by atoms with Gasteiger partial charge in [0.2, 0.25) is 5.91 Å². The Labute approximate surface area is 106 Å². The maximum absolute atomic E-state index is 11.0. The number of carbonyl (C=O) groups excluding carboxylic acids is 1. The molecule has 0 atom stereocenters. The molecule has 1 aromatic rings. The molecule has 0 unspecified atom stereocenters. The molecule has 1 amide bonds. The van der Waals surface area contributed by atoms with Gasteiger partial charge in [0.25, 0.3) is 0 Å². The van der Waals surface area contributed by atoms with E-state index in [0.29, 0.717) is 6.54 Å². The first kappa shape index (κ1) is 14.2. The summed E-state index contributed by atoms with van der Waals surface area (Å²) in [5.74, 6) is -0.0552. The Morgan fingerprint density at radius 2 is 2.24 bits per heavy atom. The van der Waals surface area contributed by atoms with Gasteiger partial charge in [-0.3, -0.25) is 4.79 Å². The molecule has 1 aromatic heterocycles. The van der Waals surface area contributed by atoms with Gasteiger partial charge in [-0.1, -0.05) is 13.8 Å². The number of hydrogen-bond donors (Lipinski definition) is 3. The number of nitrogens with one attached hydrogen (secondary N) is 2. The zero-order chi connectivity index (χ0) is 12.9. The molecule has 0 spiro atoms. The van der Waals surface area contributed by atoms with Gasteiger partial charge in [0.15, 0.2) is 0 Å². The van der Waals surface area contributed by atoms with Crippen LogP contribution in [0.25, 0.3) is 0 Å². The van der Waals surface area contributed by atoms with Gasteiger partial charge in [0.1, 0.15) is 0 Å². The molecule has 1 heterocycles. The zero-order valence-electron chi connectivity index (χ0n) is 10.5. The Morgan fingerprint density at radius 3 is 2.82 bits per heavy atom. The standard InChI is InChI=1S/C12H20N2O2S/c1-9(16)14-10-4-5-17-11(10)6-13-7-12(2,3)8-15/h4-5,13,15H,6-8H2,1-3H3,(H,14,16). The minimum atomic E-state index is -0.120. The lowest BCUT2D eigenvalue weighted by Crippen LogP contribution is -2.31. The first-order valence-electron chi connectivity index (χ1n) is 5.60. The van der Waals surface area contributed by atoms with Gasteiger partial charge in [-0.05, 0) is 11.4 Å². The normalized spacial score (nSPS) is 11.5. The van der Waals surface area contributed by atoms with Gasteiger partial charge in [-0.2, -0.15) is 0 Å². The summed E-state index contributed by atoms with van der Waals surface area (Å²) in [5, 5.41) is 17.2. The Bertz CT molecular complexity index is 374. The van der Waals surface area contributed by atoms with E-state index in [9.17, 15) is 4.79 Å². The Hall–Kier alpha value is -0.910. The predicted octanol–water partition coefficient (Wildman–Crippen LogP) is 1.81. The smallest absolute Gasteiger partial charge is 0.221 e. The molecule has 0 bridgehead atoms. The van der Waals surface area contributed by atoms with E-state index >= 15 is 0 Å². The molecule has 0 saturated heterocycles. The Morgan fingerprint density at radius 1 is 1.53 bits per heavy atom. The molecule has 5 heteroatoms. The number of aliphatic hydroxyl groups is 1. The number of thiophene rings is 1. The van der Waals surface area contributed by atoms with Crippen LogP contribution in [0.2, 0.25) is 0 Å². The van der Waals surface area contributed by atoms with Crippen LogP contribution >= 0.6 is 11.3 Å². The van der Waals surface area contributed by atoms with E-state index < -0.39 is 0 Å². The van der Waals surface area contributed by atoms with Crippen LogP contribution in [0.3, 0.4) is 0 Å². The monoisotopic (exact) mass is 256 g/mol. The quantitative estimate of drug-likeness (QED) is 0.727. The van der Waals surface area contributed by atoms with Crippen LogP contribution in [0.1, 0.15) is 25.6 Å². The van der Waals surface area contributed by atoms with Gasteiger partial charge in [0.05, 0.1) is 5.69 Å². The van der Waals surface area contributed by atoms with Crippen molar-refractivity contribution in [1.29, 1.82) is 0 Å². The molecule has 0 aliphatic rings. The van der Waals surface area contributed by atoms with E-state index in [-0.39, 0.29) is 17.9 Å². The maximum Gasteiger partial charge on any atom is 0.221 e. The zero-order valence-corrected chi connectivity index (χ0v) is 11.4. The highest BCUT2D eigenvalue weighted by Crippen LogP contribution is 2.22. The lowest BCUT2D eigenvalue weighted by molar-refractivity contribution is -0.114. The average molecular weight is 256 g/mol.